The van der Waals surface area contributed by atoms with E-state index in [2.05, 4.69) is 30.1 Å². The molecule has 0 radical (unpaired) electrons. The number of carbonyl (C=O) groups excluding carboxylic acids is 1. The summed E-state index contributed by atoms with van der Waals surface area (Å²) >= 11 is 0. The molecular formula is C27H30FN6O7P. The van der Waals surface area contributed by atoms with Crippen LogP contribution in [-0.2, 0) is 9.09 Å². The molecule has 222 valence electrons. The number of halogens is 1. The summed E-state index contributed by atoms with van der Waals surface area (Å²) in [4.78, 5) is 44.7. The molecule has 0 unspecified atom stereocenters. The van der Waals surface area contributed by atoms with E-state index in [0.717, 1.165) is 6.07 Å². The van der Waals surface area contributed by atoms with Crippen molar-refractivity contribution in [2.45, 2.75) is 6.42 Å². The monoisotopic (exact) mass is 600 g/mol. The lowest BCUT2D eigenvalue weighted by Crippen LogP contribution is -2.25. The van der Waals surface area contributed by atoms with Crippen molar-refractivity contribution in [3.63, 3.8) is 0 Å². The van der Waals surface area contributed by atoms with Crippen molar-refractivity contribution < 1.29 is 37.5 Å². The van der Waals surface area contributed by atoms with Crippen molar-refractivity contribution in [3.8, 4) is 11.5 Å². The standard InChI is InChI=1S/C27H30FN6O7P/c1-34(10-12-41-42(36,37)38)9-4-11-40-24-15-22-21(14-23(24)39-2)26(31-17-30-22)32-20-7-8-25(29-16-20)33-27(35)18-5-3-6-19(28)13-18/h3,5-8,13-17H,4,9-12H2,1-2H3,(H,29,33,35)(H,30,31,32)(H2,36,37,38). The van der Waals surface area contributed by atoms with Crippen LogP contribution >= 0.6 is 7.82 Å². The minimum Gasteiger partial charge on any atom is -0.493 e. The van der Waals surface area contributed by atoms with Gasteiger partial charge in [0.25, 0.3) is 5.91 Å². The quantitative estimate of drug-likeness (QED) is 0.122. The molecule has 0 bridgehead atoms. The molecule has 4 rings (SSSR count). The maximum absolute atomic E-state index is 13.4. The summed E-state index contributed by atoms with van der Waals surface area (Å²) in [5.74, 6) is 0.805. The number of rotatable bonds is 14. The van der Waals surface area contributed by atoms with E-state index >= 15 is 0 Å². The third kappa shape index (κ3) is 8.90. The van der Waals surface area contributed by atoms with Gasteiger partial charge in [0, 0.05) is 30.1 Å². The summed E-state index contributed by atoms with van der Waals surface area (Å²) in [5.41, 5.74) is 1.40. The van der Waals surface area contributed by atoms with Crippen LogP contribution in [0.25, 0.3) is 10.9 Å². The molecule has 0 saturated carbocycles. The number of anilines is 3. The minimum absolute atomic E-state index is 0.0798. The number of carbonyl (C=O) groups is 1. The number of fused-ring (bicyclic) bond motifs is 1. The van der Waals surface area contributed by atoms with E-state index in [-0.39, 0.29) is 12.2 Å². The Labute approximate surface area is 240 Å². The van der Waals surface area contributed by atoms with Gasteiger partial charge in [0.05, 0.1) is 37.7 Å². The molecule has 1 amide bonds. The van der Waals surface area contributed by atoms with Gasteiger partial charge in [-0.05, 0) is 49.9 Å². The highest BCUT2D eigenvalue weighted by atomic mass is 31.2. The van der Waals surface area contributed by atoms with Gasteiger partial charge < -0.3 is 34.8 Å². The molecule has 4 N–H and O–H groups in total. The van der Waals surface area contributed by atoms with Crippen molar-refractivity contribution in [3.05, 3.63) is 72.4 Å². The summed E-state index contributed by atoms with van der Waals surface area (Å²) in [5, 5.41) is 6.50. The Morgan fingerprint density at radius 2 is 1.88 bits per heavy atom. The van der Waals surface area contributed by atoms with Crippen LogP contribution in [0.1, 0.15) is 16.8 Å². The number of ether oxygens (including phenoxy) is 2. The number of hydrogen-bond acceptors (Lipinski definition) is 10. The first-order chi connectivity index (χ1) is 20.1. The van der Waals surface area contributed by atoms with Crippen molar-refractivity contribution in [1.29, 1.82) is 0 Å². The molecule has 15 heteroatoms. The summed E-state index contributed by atoms with van der Waals surface area (Å²) < 4.78 is 40.1. The van der Waals surface area contributed by atoms with E-state index in [0.29, 0.717) is 65.8 Å². The molecule has 13 nitrogen and oxygen atoms in total. The molecule has 2 aromatic heterocycles. The lowest BCUT2D eigenvalue weighted by Gasteiger charge is -2.17. The molecule has 0 fully saturated rings. The van der Waals surface area contributed by atoms with Gasteiger partial charge in [-0.25, -0.2) is 23.9 Å². The normalized spacial score (nSPS) is 11.5. The van der Waals surface area contributed by atoms with Crippen LogP contribution < -0.4 is 20.1 Å². The highest BCUT2D eigenvalue weighted by molar-refractivity contribution is 7.46. The smallest absolute Gasteiger partial charge is 0.469 e. The number of nitrogens with zero attached hydrogens (tertiary/aromatic N) is 4. The number of amides is 1. The molecule has 0 aliphatic carbocycles. The fraction of sp³-hybridized carbons (Fsp3) is 0.259. The van der Waals surface area contributed by atoms with E-state index in [9.17, 15) is 13.8 Å². The van der Waals surface area contributed by atoms with Crippen LogP contribution in [0.2, 0.25) is 0 Å². The molecule has 0 spiro atoms. The Morgan fingerprint density at radius 1 is 1.05 bits per heavy atom. The van der Waals surface area contributed by atoms with Crippen LogP contribution in [-0.4, -0.2) is 76.0 Å². The largest absolute Gasteiger partial charge is 0.493 e. The summed E-state index contributed by atoms with van der Waals surface area (Å²) in [6.45, 7) is 1.27. The zero-order valence-corrected chi connectivity index (χ0v) is 23.8. The topological polar surface area (TPSA) is 168 Å². The maximum Gasteiger partial charge on any atom is 0.469 e. The summed E-state index contributed by atoms with van der Waals surface area (Å²) in [6.07, 6.45) is 3.59. The van der Waals surface area contributed by atoms with Gasteiger partial charge in [0.1, 0.15) is 23.8 Å². The third-order valence-electron chi connectivity index (χ3n) is 5.95. The molecule has 0 atom stereocenters. The first kappa shape index (κ1) is 30.8. The number of hydrogen-bond donors (Lipinski definition) is 4. The second-order valence-corrected chi connectivity index (χ2v) is 10.3. The van der Waals surface area contributed by atoms with E-state index in [1.54, 1.807) is 24.3 Å². The fourth-order valence-electron chi connectivity index (χ4n) is 3.88. The number of pyridine rings is 1. The average molecular weight is 601 g/mol. The molecule has 2 heterocycles. The molecule has 0 aliphatic heterocycles. The van der Waals surface area contributed by atoms with Gasteiger partial charge in [-0.15, -0.1) is 0 Å². The van der Waals surface area contributed by atoms with Gasteiger partial charge in [-0.2, -0.15) is 0 Å². The predicted octanol–water partition coefficient (Wildman–Crippen LogP) is 3.98. The molecule has 2 aromatic carbocycles. The predicted molar refractivity (Wildman–Crippen MR) is 154 cm³/mol. The van der Waals surface area contributed by atoms with Crippen molar-refractivity contribution in [2.75, 3.05) is 51.1 Å². The first-order valence-corrected chi connectivity index (χ1v) is 14.3. The fourth-order valence-corrected chi connectivity index (χ4v) is 4.20. The van der Waals surface area contributed by atoms with Crippen LogP contribution in [0.5, 0.6) is 11.5 Å². The Morgan fingerprint density at radius 3 is 2.60 bits per heavy atom. The number of phosphoric acid groups is 1. The second-order valence-electron chi connectivity index (χ2n) is 9.09. The number of phosphoric ester groups is 1. The van der Waals surface area contributed by atoms with Gasteiger partial charge in [-0.1, -0.05) is 6.07 Å². The van der Waals surface area contributed by atoms with E-state index in [4.69, 9.17) is 19.3 Å². The SMILES string of the molecule is COc1cc2c(Nc3ccc(NC(=O)c4cccc(F)c4)nc3)ncnc2cc1OCCCN(C)CCOP(=O)(O)O. The number of methoxy groups -OCH3 is 1. The van der Waals surface area contributed by atoms with Crippen molar-refractivity contribution >= 4 is 42.0 Å². The number of likely N-dealkylation sites (N-methyl/N-ethyl adjacent to an activating group) is 1. The van der Waals surface area contributed by atoms with Crippen LogP contribution in [0.3, 0.4) is 0 Å². The Balaban J connectivity index is 1.36. The average Bonchev–Trinajstić information content (AvgIpc) is 2.95. The van der Waals surface area contributed by atoms with Crippen molar-refractivity contribution in [1.82, 2.24) is 19.9 Å². The number of aromatic nitrogens is 3. The zero-order valence-electron chi connectivity index (χ0n) is 22.9. The third-order valence-corrected chi connectivity index (χ3v) is 6.47. The lowest BCUT2D eigenvalue weighted by molar-refractivity contribution is 0.102. The highest BCUT2D eigenvalue weighted by Crippen LogP contribution is 2.36. The second kappa shape index (κ2) is 14.1. The van der Waals surface area contributed by atoms with Gasteiger partial charge in [0.2, 0.25) is 0 Å². The lowest BCUT2D eigenvalue weighted by atomic mass is 10.2. The highest BCUT2D eigenvalue weighted by Gasteiger charge is 2.15. The Bertz CT molecular complexity index is 1570. The van der Waals surface area contributed by atoms with E-state index in [1.807, 2.05) is 11.9 Å². The number of nitrogens with one attached hydrogen (secondary N) is 2. The van der Waals surface area contributed by atoms with Gasteiger partial charge >= 0.3 is 7.82 Å². The minimum atomic E-state index is -4.47. The zero-order chi connectivity index (χ0) is 30.1. The number of benzene rings is 2. The van der Waals surface area contributed by atoms with Crippen LogP contribution in [0.4, 0.5) is 21.7 Å². The molecule has 4 aromatic rings. The first-order valence-electron chi connectivity index (χ1n) is 12.8. The molecule has 42 heavy (non-hydrogen) atoms. The summed E-state index contributed by atoms with van der Waals surface area (Å²) in [6, 6.07) is 12.2. The van der Waals surface area contributed by atoms with E-state index in [1.165, 1.54) is 37.8 Å². The summed E-state index contributed by atoms with van der Waals surface area (Å²) in [7, 11) is -1.13. The van der Waals surface area contributed by atoms with Gasteiger partial charge in [-0.3, -0.25) is 9.32 Å². The van der Waals surface area contributed by atoms with Crippen LogP contribution in [0.15, 0.2) is 61.1 Å². The van der Waals surface area contributed by atoms with Crippen molar-refractivity contribution in [2.24, 2.45) is 0 Å². The Kier molecular flexibility index (Phi) is 10.3. The maximum atomic E-state index is 13.4. The molecule has 0 aliphatic rings. The Hall–Kier alpha value is -4.20. The van der Waals surface area contributed by atoms with Gasteiger partial charge in [0.15, 0.2) is 11.5 Å². The van der Waals surface area contributed by atoms with E-state index < -0.39 is 19.5 Å². The molecular weight excluding hydrogens is 570 g/mol. The molecule has 0 saturated heterocycles. The van der Waals surface area contributed by atoms with Crippen LogP contribution in [0, 0.1) is 5.82 Å².